The molecule has 0 aliphatic carbocycles. The third-order valence-corrected chi connectivity index (χ3v) is 5.63. The quantitative estimate of drug-likeness (QED) is 0.579. The largest absolute Gasteiger partial charge is 0.137 e. The maximum absolute atomic E-state index is 3.53. The van der Waals surface area contributed by atoms with Gasteiger partial charge in [0.05, 0.1) is 4.21 Å². The van der Waals surface area contributed by atoms with Gasteiger partial charge in [-0.3, -0.25) is 0 Å². The van der Waals surface area contributed by atoms with Crippen molar-refractivity contribution in [2.24, 2.45) is 5.41 Å². The van der Waals surface area contributed by atoms with Gasteiger partial charge in [0.15, 0.2) is 0 Å². The Hall–Kier alpha value is 0.530. The number of halogens is 1. The summed E-state index contributed by atoms with van der Waals surface area (Å²) in [4.78, 5) is 0. The van der Waals surface area contributed by atoms with Gasteiger partial charge in [0, 0.05) is 11.1 Å². The molecule has 0 bridgehead atoms. The van der Waals surface area contributed by atoms with Crippen LogP contribution < -0.4 is 0 Å². The molecule has 0 N–H and O–H groups in total. The second-order valence-corrected chi connectivity index (χ2v) is 6.30. The van der Waals surface area contributed by atoms with Gasteiger partial charge in [0.2, 0.25) is 0 Å². The van der Waals surface area contributed by atoms with E-state index >= 15 is 0 Å². The van der Waals surface area contributed by atoms with E-state index in [2.05, 4.69) is 47.3 Å². The number of hydrogen-bond acceptors (Lipinski definition) is 2. The molecule has 0 nitrogen and oxygen atoms in total. The first-order chi connectivity index (χ1) is 5.64. The first-order valence-corrected chi connectivity index (χ1v) is 6.85. The summed E-state index contributed by atoms with van der Waals surface area (Å²) in [7, 11) is 0. The molecule has 0 aliphatic heterocycles. The molecule has 68 valence electrons. The Kier molecular flexibility index (Phi) is 4.14. The molecule has 0 radical (unpaired) electrons. The van der Waals surface area contributed by atoms with Gasteiger partial charge >= 0.3 is 0 Å². The van der Waals surface area contributed by atoms with Crippen molar-refractivity contribution >= 4 is 39.0 Å². The van der Waals surface area contributed by atoms with E-state index in [0.29, 0.717) is 5.41 Å². The zero-order valence-electron chi connectivity index (χ0n) is 7.34. The Balaban J connectivity index is 2.36. The Morgan fingerprint density at radius 1 is 1.58 bits per heavy atom. The zero-order chi connectivity index (χ0) is 9.03. The van der Waals surface area contributed by atoms with Crippen LogP contribution in [0.2, 0.25) is 0 Å². The van der Waals surface area contributed by atoms with Crippen LogP contribution in [0.3, 0.4) is 0 Å². The van der Waals surface area contributed by atoms with Gasteiger partial charge in [-0.1, -0.05) is 35.8 Å². The van der Waals surface area contributed by atoms with E-state index in [1.54, 1.807) is 0 Å². The molecule has 0 aromatic carbocycles. The number of hydrogen-bond donors (Lipinski definition) is 0. The molecule has 0 atom stereocenters. The maximum atomic E-state index is 3.53. The van der Waals surface area contributed by atoms with Crippen LogP contribution in [0.5, 0.6) is 0 Å². The van der Waals surface area contributed by atoms with Crippen molar-refractivity contribution in [3.8, 4) is 0 Å². The minimum atomic E-state index is 0.397. The molecule has 0 saturated carbocycles. The van der Waals surface area contributed by atoms with Crippen LogP contribution in [0.25, 0.3) is 0 Å². The fourth-order valence-corrected chi connectivity index (χ4v) is 2.99. The molecular weight excluding hydrogens is 252 g/mol. The van der Waals surface area contributed by atoms with Crippen LogP contribution in [0, 0.1) is 5.41 Å². The predicted octanol–water partition coefficient (Wildman–Crippen LogP) is 4.26. The minimum absolute atomic E-state index is 0.397. The maximum Gasteiger partial charge on any atom is 0.0598 e. The summed E-state index contributed by atoms with van der Waals surface area (Å²) >= 11 is 7.29. The molecule has 0 fully saturated rings. The first-order valence-electron chi connectivity index (χ1n) is 3.86. The second kappa shape index (κ2) is 4.68. The minimum Gasteiger partial charge on any atom is -0.137 e. The van der Waals surface area contributed by atoms with Crippen LogP contribution >= 0.6 is 39.0 Å². The zero-order valence-corrected chi connectivity index (χ0v) is 10.6. The third-order valence-electron chi connectivity index (χ3n) is 1.46. The van der Waals surface area contributed by atoms with Crippen LogP contribution in [0.15, 0.2) is 21.7 Å². The highest BCUT2D eigenvalue weighted by Crippen LogP contribution is 2.31. The van der Waals surface area contributed by atoms with Crippen molar-refractivity contribution in [1.29, 1.82) is 0 Å². The summed E-state index contributed by atoms with van der Waals surface area (Å²) < 4.78 is 1.42. The first kappa shape index (κ1) is 10.6. The van der Waals surface area contributed by atoms with Crippen molar-refractivity contribution in [2.45, 2.75) is 18.1 Å². The summed E-state index contributed by atoms with van der Waals surface area (Å²) in [6.45, 7) is 4.56. The highest BCUT2D eigenvalue weighted by molar-refractivity contribution is 9.09. The molecule has 1 aromatic rings. The van der Waals surface area contributed by atoms with Gasteiger partial charge in [-0.15, -0.1) is 23.1 Å². The lowest BCUT2D eigenvalue weighted by atomic mass is 10.0. The lowest BCUT2D eigenvalue weighted by molar-refractivity contribution is 0.496. The number of rotatable bonds is 4. The van der Waals surface area contributed by atoms with Crippen molar-refractivity contribution in [1.82, 2.24) is 0 Å². The fourth-order valence-electron chi connectivity index (χ4n) is 0.651. The van der Waals surface area contributed by atoms with E-state index in [1.165, 1.54) is 9.96 Å². The molecular formula is C9H13BrS2. The van der Waals surface area contributed by atoms with Gasteiger partial charge in [0.1, 0.15) is 0 Å². The van der Waals surface area contributed by atoms with Crippen molar-refractivity contribution in [3.63, 3.8) is 0 Å². The Labute approximate surface area is 90.9 Å². The van der Waals surface area contributed by atoms with Gasteiger partial charge in [-0.05, 0) is 16.9 Å². The Morgan fingerprint density at radius 2 is 2.33 bits per heavy atom. The van der Waals surface area contributed by atoms with E-state index in [4.69, 9.17) is 0 Å². The van der Waals surface area contributed by atoms with Gasteiger partial charge in [0.25, 0.3) is 0 Å². The number of thioether (sulfide) groups is 1. The van der Waals surface area contributed by atoms with E-state index < -0.39 is 0 Å². The molecule has 1 heterocycles. The molecule has 1 aromatic heterocycles. The molecule has 12 heavy (non-hydrogen) atoms. The molecule has 0 unspecified atom stereocenters. The number of thiophene rings is 1. The third kappa shape index (κ3) is 3.50. The topological polar surface area (TPSA) is 0 Å². The highest BCUT2D eigenvalue weighted by Gasteiger charge is 2.16. The summed E-state index contributed by atoms with van der Waals surface area (Å²) in [5, 5.41) is 3.20. The molecule has 0 aliphatic rings. The molecule has 0 saturated heterocycles. The van der Waals surface area contributed by atoms with E-state index in [9.17, 15) is 0 Å². The van der Waals surface area contributed by atoms with Crippen LogP contribution in [0.4, 0.5) is 0 Å². The summed E-state index contributed by atoms with van der Waals surface area (Å²) in [6.07, 6.45) is 0. The average molecular weight is 265 g/mol. The van der Waals surface area contributed by atoms with Crippen LogP contribution in [0.1, 0.15) is 13.8 Å². The standard InChI is InChI=1S/C9H13BrS2/c1-9(2,6-10)7-12-8-4-3-5-11-8/h3-5H,6-7H2,1-2H3. The van der Waals surface area contributed by atoms with Crippen LogP contribution in [-0.4, -0.2) is 11.1 Å². The summed E-state index contributed by atoms with van der Waals surface area (Å²) in [5.41, 5.74) is 0.397. The van der Waals surface area contributed by atoms with Crippen LogP contribution in [-0.2, 0) is 0 Å². The number of alkyl halides is 1. The molecule has 0 amide bonds. The van der Waals surface area contributed by atoms with Gasteiger partial charge in [-0.25, -0.2) is 0 Å². The van der Waals surface area contributed by atoms with Crippen molar-refractivity contribution < 1.29 is 0 Å². The van der Waals surface area contributed by atoms with Gasteiger partial charge < -0.3 is 0 Å². The lowest BCUT2D eigenvalue weighted by Crippen LogP contribution is -2.15. The van der Waals surface area contributed by atoms with Gasteiger partial charge in [-0.2, -0.15) is 0 Å². The molecule has 1 rings (SSSR count). The van der Waals surface area contributed by atoms with E-state index in [-0.39, 0.29) is 0 Å². The monoisotopic (exact) mass is 264 g/mol. The summed E-state index contributed by atoms with van der Waals surface area (Å²) in [5.74, 6) is 1.18. The van der Waals surface area contributed by atoms with Crippen molar-refractivity contribution in [2.75, 3.05) is 11.1 Å². The Morgan fingerprint density at radius 3 is 2.83 bits per heavy atom. The van der Waals surface area contributed by atoms with E-state index in [1.807, 2.05) is 23.1 Å². The smallest absolute Gasteiger partial charge is 0.0598 e. The molecule has 3 heteroatoms. The second-order valence-electron chi connectivity index (χ2n) is 3.52. The lowest BCUT2D eigenvalue weighted by Gasteiger charge is -2.19. The SMILES string of the molecule is CC(C)(CBr)CSc1cccs1. The Bertz CT molecular complexity index is 216. The predicted molar refractivity (Wildman–Crippen MR) is 62.6 cm³/mol. The molecule has 0 spiro atoms. The highest BCUT2D eigenvalue weighted by atomic mass is 79.9. The van der Waals surface area contributed by atoms with Crippen molar-refractivity contribution in [3.05, 3.63) is 17.5 Å². The average Bonchev–Trinajstić information content (AvgIpc) is 2.53. The summed E-state index contributed by atoms with van der Waals surface area (Å²) in [6, 6.07) is 4.29. The normalized spacial score (nSPS) is 11.9. The fraction of sp³-hybridized carbons (Fsp3) is 0.556. The van der Waals surface area contributed by atoms with E-state index in [0.717, 1.165) is 5.33 Å².